The van der Waals surface area contributed by atoms with Crippen LogP contribution in [0.3, 0.4) is 0 Å². The largest absolute Gasteiger partial charge is 0.434 e. The number of halogens is 3. The van der Waals surface area contributed by atoms with Gasteiger partial charge in [0.2, 0.25) is 0 Å². The second kappa shape index (κ2) is 9.66. The Kier molecular flexibility index (Phi) is 7.55. The molecule has 0 amide bonds. The average Bonchev–Trinajstić information content (AvgIpc) is 3.04. The molecule has 0 bridgehead atoms. The molecule has 1 aliphatic heterocycles. The second-order valence-corrected chi connectivity index (χ2v) is 6.71. The van der Waals surface area contributed by atoms with Crippen LogP contribution >= 0.6 is 11.8 Å². The van der Waals surface area contributed by atoms with E-state index in [1.807, 2.05) is 18.7 Å². The number of rotatable bonds is 7. The molecular formula is C16H22F3N3OS. The van der Waals surface area contributed by atoms with Gasteiger partial charge in [0.15, 0.2) is 5.96 Å². The first-order valence-corrected chi connectivity index (χ1v) is 9.01. The van der Waals surface area contributed by atoms with Crippen molar-refractivity contribution in [1.29, 1.82) is 0 Å². The Labute approximate surface area is 144 Å². The van der Waals surface area contributed by atoms with Crippen LogP contribution in [-0.2, 0) is 6.54 Å². The fourth-order valence-corrected chi connectivity index (χ4v) is 3.62. The van der Waals surface area contributed by atoms with E-state index in [2.05, 4.69) is 20.4 Å². The van der Waals surface area contributed by atoms with Gasteiger partial charge in [-0.15, -0.1) is 0 Å². The van der Waals surface area contributed by atoms with Crippen LogP contribution in [0.25, 0.3) is 0 Å². The Morgan fingerprint density at radius 3 is 2.92 bits per heavy atom. The molecule has 0 aliphatic carbocycles. The molecule has 2 rings (SSSR count). The highest BCUT2D eigenvalue weighted by atomic mass is 32.2. The Morgan fingerprint density at radius 1 is 1.42 bits per heavy atom. The topological polar surface area (TPSA) is 45.7 Å². The van der Waals surface area contributed by atoms with Gasteiger partial charge in [0.05, 0.1) is 12.1 Å². The summed E-state index contributed by atoms with van der Waals surface area (Å²) in [4.78, 5) is 4.29. The summed E-state index contributed by atoms with van der Waals surface area (Å²) < 4.78 is 43.2. The Bertz CT molecular complexity index is 551. The zero-order valence-corrected chi connectivity index (χ0v) is 14.3. The highest BCUT2D eigenvalue weighted by molar-refractivity contribution is 8.00. The molecule has 1 atom stereocenters. The summed E-state index contributed by atoms with van der Waals surface area (Å²) in [5.41, 5.74) is 0.0187. The fourth-order valence-electron chi connectivity index (χ4n) is 2.41. The van der Waals surface area contributed by atoms with Gasteiger partial charge in [0.1, 0.15) is 11.6 Å². The molecule has 1 aromatic rings. The molecule has 1 aliphatic rings. The molecule has 0 spiro atoms. The molecular weight excluding hydrogens is 339 g/mol. The second-order valence-electron chi connectivity index (χ2n) is 5.31. The van der Waals surface area contributed by atoms with E-state index in [-0.39, 0.29) is 17.9 Å². The van der Waals surface area contributed by atoms with E-state index in [0.717, 1.165) is 13.0 Å². The van der Waals surface area contributed by atoms with Crippen LogP contribution in [0.5, 0.6) is 5.75 Å². The summed E-state index contributed by atoms with van der Waals surface area (Å²) in [6.07, 6.45) is 2.38. The van der Waals surface area contributed by atoms with Crippen molar-refractivity contribution >= 4 is 17.7 Å². The van der Waals surface area contributed by atoms with Gasteiger partial charge >= 0.3 is 6.61 Å². The van der Waals surface area contributed by atoms with Crippen molar-refractivity contribution in [2.24, 2.45) is 4.99 Å². The molecule has 0 aromatic heterocycles. The number of thioether (sulfide) groups is 1. The van der Waals surface area contributed by atoms with Gasteiger partial charge in [-0.05, 0) is 37.7 Å². The lowest BCUT2D eigenvalue weighted by Crippen LogP contribution is -2.40. The predicted octanol–water partition coefficient (Wildman–Crippen LogP) is 3.38. The normalized spacial score (nSPS) is 18.0. The number of ether oxygens (including phenoxy) is 1. The van der Waals surface area contributed by atoms with Crippen molar-refractivity contribution in [3.8, 4) is 5.75 Å². The highest BCUT2D eigenvalue weighted by Gasteiger charge is 2.16. The fraction of sp³-hybridized carbons (Fsp3) is 0.562. The van der Waals surface area contributed by atoms with Crippen molar-refractivity contribution in [1.82, 2.24) is 10.6 Å². The zero-order valence-electron chi connectivity index (χ0n) is 13.5. The van der Waals surface area contributed by atoms with E-state index in [4.69, 9.17) is 0 Å². The van der Waals surface area contributed by atoms with Crippen molar-refractivity contribution in [2.75, 3.05) is 18.8 Å². The minimum Gasteiger partial charge on any atom is -0.434 e. The average molecular weight is 361 g/mol. The molecule has 4 nitrogen and oxygen atoms in total. The molecule has 24 heavy (non-hydrogen) atoms. The number of benzene rings is 1. The predicted molar refractivity (Wildman–Crippen MR) is 91.3 cm³/mol. The Morgan fingerprint density at radius 2 is 2.25 bits per heavy atom. The van der Waals surface area contributed by atoms with E-state index in [9.17, 15) is 13.2 Å². The molecule has 8 heteroatoms. The van der Waals surface area contributed by atoms with Crippen LogP contribution in [0, 0.1) is 5.82 Å². The summed E-state index contributed by atoms with van der Waals surface area (Å²) >= 11 is 1.92. The third kappa shape index (κ3) is 5.81. The molecule has 0 saturated carbocycles. The number of alkyl halides is 2. The zero-order chi connectivity index (χ0) is 17.4. The summed E-state index contributed by atoms with van der Waals surface area (Å²) in [6, 6.07) is 3.86. The minimum absolute atomic E-state index is 0.0187. The summed E-state index contributed by atoms with van der Waals surface area (Å²) in [5.74, 6) is 0.912. The smallest absolute Gasteiger partial charge is 0.387 e. The van der Waals surface area contributed by atoms with E-state index in [1.54, 1.807) is 0 Å². The van der Waals surface area contributed by atoms with Crippen LogP contribution in [0.2, 0.25) is 0 Å². The third-order valence-corrected chi connectivity index (χ3v) is 4.95. The van der Waals surface area contributed by atoms with E-state index in [0.29, 0.717) is 17.8 Å². The van der Waals surface area contributed by atoms with Crippen LogP contribution in [0.15, 0.2) is 23.2 Å². The van der Waals surface area contributed by atoms with E-state index in [1.165, 1.54) is 30.4 Å². The maximum absolute atomic E-state index is 13.9. The highest BCUT2D eigenvalue weighted by Crippen LogP contribution is 2.25. The van der Waals surface area contributed by atoms with Gasteiger partial charge < -0.3 is 15.4 Å². The SMILES string of the molecule is CCNC(=NCc1c(F)cccc1OC(F)F)NCC1CCCS1. The van der Waals surface area contributed by atoms with Gasteiger partial charge in [-0.3, -0.25) is 0 Å². The lowest BCUT2D eigenvalue weighted by molar-refractivity contribution is -0.0506. The molecule has 1 aromatic carbocycles. The van der Waals surface area contributed by atoms with Crippen molar-refractivity contribution in [2.45, 2.75) is 38.2 Å². The maximum Gasteiger partial charge on any atom is 0.387 e. The van der Waals surface area contributed by atoms with Crippen LogP contribution in [-0.4, -0.2) is 36.7 Å². The van der Waals surface area contributed by atoms with E-state index < -0.39 is 12.4 Å². The standard InChI is InChI=1S/C16H22F3N3OS/c1-2-20-16(21-9-11-5-4-8-24-11)22-10-12-13(17)6-3-7-14(12)23-15(18)19/h3,6-7,11,15H,2,4-5,8-10H2,1H3,(H2,20,21,22). The summed E-state index contributed by atoms with van der Waals surface area (Å²) in [7, 11) is 0. The first kappa shape index (κ1) is 18.8. The van der Waals surface area contributed by atoms with Crippen LogP contribution in [0.1, 0.15) is 25.3 Å². The van der Waals surface area contributed by atoms with Gasteiger partial charge in [0, 0.05) is 18.3 Å². The Hall–Kier alpha value is -1.57. The number of nitrogens with zero attached hydrogens (tertiary/aromatic N) is 1. The maximum atomic E-state index is 13.9. The number of nitrogens with one attached hydrogen (secondary N) is 2. The van der Waals surface area contributed by atoms with Crippen molar-refractivity contribution in [3.63, 3.8) is 0 Å². The van der Waals surface area contributed by atoms with Gasteiger partial charge in [-0.1, -0.05) is 6.07 Å². The van der Waals surface area contributed by atoms with Gasteiger partial charge in [-0.2, -0.15) is 20.5 Å². The van der Waals surface area contributed by atoms with Gasteiger partial charge in [-0.25, -0.2) is 9.38 Å². The number of hydrogen-bond donors (Lipinski definition) is 2. The number of aliphatic imine (C=N–C) groups is 1. The minimum atomic E-state index is -3.00. The lowest BCUT2D eigenvalue weighted by atomic mass is 10.2. The monoisotopic (exact) mass is 361 g/mol. The van der Waals surface area contributed by atoms with Crippen molar-refractivity contribution in [3.05, 3.63) is 29.6 Å². The molecule has 1 fully saturated rings. The molecule has 1 heterocycles. The summed E-state index contributed by atoms with van der Waals surface area (Å²) in [5, 5.41) is 6.84. The molecule has 1 unspecified atom stereocenters. The lowest BCUT2D eigenvalue weighted by Gasteiger charge is -2.15. The van der Waals surface area contributed by atoms with E-state index >= 15 is 0 Å². The molecule has 134 valence electrons. The molecule has 1 saturated heterocycles. The van der Waals surface area contributed by atoms with Crippen LogP contribution < -0.4 is 15.4 Å². The number of hydrogen-bond acceptors (Lipinski definition) is 3. The summed E-state index contributed by atoms with van der Waals surface area (Å²) in [6.45, 7) is 0.271. The van der Waals surface area contributed by atoms with Crippen molar-refractivity contribution < 1.29 is 17.9 Å². The third-order valence-electron chi connectivity index (χ3n) is 3.55. The molecule has 2 N–H and O–H groups in total. The first-order valence-electron chi connectivity index (χ1n) is 7.96. The van der Waals surface area contributed by atoms with Crippen LogP contribution in [0.4, 0.5) is 13.2 Å². The first-order chi connectivity index (χ1) is 11.6. The number of guanidine groups is 1. The molecule has 0 radical (unpaired) electrons. The van der Waals surface area contributed by atoms with Gasteiger partial charge in [0.25, 0.3) is 0 Å². The Balaban J connectivity index is 2.04. The quantitative estimate of drug-likeness (QED) is 0.577.